The SMILES string of the molecule is Nc1ncc2c(n1)CN(C(=O)C1CCC1)C2. The first-order valence-corrected chi connectivity index (χ1v) is 5.63. The Hall–Kier alpha value is -1.65. The quantitative estimate of drug-likeness (QED) is 0.753. The average molecular weight is 218 g/mol. The Morgan fingerprint density at radius 1 is 1.44 bits per heavy atom. The third-order valence-electron chi connectivity index (χ3n) is 3.44. The maximum absolute atomic E-state index is 12.0. The van der Waals surface area contributed by atoms with Crippen molar-refractivity contribution in [3.05, 3.63) is 17.5 Å². The number of hydrogen-bond donors (Lipinski definition) is 1. The van der Waals surface area contributed by atoms with Gasteiger partial charge in [-0.3, -0.25) is 4.79 Å². The van der Waals surface area contributed by atoms with Crippen LogP contribution in [0.3, 0.4) is 0 Å². The second-order valence-electron chi connectivity index (χ2n) is 4.52. The second-order valence-corrected chi connectivity index (χ2v) is 4.52. The van der Waals surface area contributed by atoms with E-state index in [-0.39, 0.29) is 17.8 Å². The summed E-state index contributed by atoms with van der Waals surface area (Å²) in [6.07, 6.45) is 4.99. The van der Waals surface area contributed by atoms with Gasteiger partial charge in [0.05, 0.1) is 12.2 Å². The fourth-order valence-corrected chi connectivity index (χ4v) is 2.24. The molecule has 1 aromatic rings. The van der Waals surface area contributed by atoms with Crippen molar-refractivity contribution in [3.8, 4) is 0 Å². The Balaban J connectivity index is 1.77. The van der Waals surface area contributed by atoms with Crippen LogP contribution < -0.4 is 5.73 Å². The number of aromatic nitrogens is 2. The summed E-state index contributed by atoms with van der Waals surface area (Å²) >= 11 is 0. The van der Waals surface area contributed by atoms with Gasteiger partial charge >= 0.3 is 0 Å². The lowest BCUT2D eigenvalue weighted by Gasteiger charge is -2.28. The standard InChI is InChI=1S/C11H14N4O/c12-11-13-4-8-5-15(6-9(8)14-11)10(16)7-2-1-3-7/h4,7H,1-3,5-6H2,(H2,12,13,14). The van der Waals surface area contributed by atoms with Crippen molar-refractivity contribution in [2.75, 3.05) is 5.73 Å². The Morgan fingerprint density at radius 3 is 2.94 bits per heavy atom. The summed E-state index contributed by atoms with van der Waals surface area (Å²) in [6.45, 7) is 1.24. The van der Waals surface area contributed by atoms with Crippen molar-refractivity contribution in [2.24, 2.45) is 5.92 Å². The van der Waals surface area contributed by atoms with Crippen molar-refractivity contribution in [1.82, 2.24) is 14.9 Å². The molecule has 0 unspecified atom stereocenters. The van der Waals surface area contributed by atoms with Crippen molar-refractivity contribution in [2.45, 2.75) is 32.4 Å². The van der Waals surface area contributed by atoms with E-state index in [0.29, 0.717) is 13.1 Å². The molecule has 0 spiro atoms. The number of anilines is 1. The summed E-state index contributed by atoms with van der Waals surface area (Å²) in [5.74, 6) is 0.805. The molecule has 1 amide bonds. The number of carbonyl (C=O) groups is 1. The minimum absolute atomic E-state index is 0.250. The Labute approximate surface area is 93.7 Å². The lowest BCUT2D eigenvalue weighted by Crippen LogP contribution is -2.35. The van der Waals surface area contributed by atoms with Crippen molar-refractivity contribution in [3.63, 3.8) is 0 Å². The van der Waals surface area contributed by atoms with E-state index in [1.165, 1.54) is 6.42 Å². The molecule has 0 bridgehead atoms. The van der Waals surface area contributed by atoms with Gasteiger partial charge in [0.15, 0.2) is 0 Å². The number of rotatable bonds is 1. The summed E-state index contributed by atoms with van der Waals surface area (Å²) in [6, 6.07) is 0. The smallest absolute Gasteiger partial charge is 0.226 e. The van der Waals surface area contributed by atoms with Crippen LogP contribution in [0.1, 0.15) is 30.5 Å². The van der Waals surface area contributed by atoms with E-state index < -0.39 is 0 Å². The first-order valence-electron chi connectivity index (χ1n) is 5.63. The highest BCUT2D eigenvalue weighted by atomic mass is 16.2. The topological polar surface area (TPSA) is 72.1 Å². The largest absolute Gasteiger partial charge is 0.368 e. The number of amides is 1. The zero-order chi connectivity index (χ0) is 11.1. The predicted molar refractivity (Wildman–Crippen MR) is 58.0 cm³/mol. The fraction of sp³-hybridized carbons (Fsp3) is 0.545. The lowest BCUT2D eigenvalue weighted by atomic mass is 9.84. The third-order valence-corrected chi connectivity index (χ3v) is 3.44. The van der Waals surface area contributed by atoms with Gasteiger partial charge in [-0.1, -0.05) is 6.42 Å². The molecule has 0 atom stereocenters. The summed E-state index contributed by atoms with van der Waals surface area (Å²) in [4.78, 5) is 22.0. The van der Waals surface area contributed by atoms with Crippen LogP contribution in [-0.4, -0.2) is 20.8 Å². The Bertz CT molecular complexity index is 442. The minimum Gasteiger partial charge on any atom is -0.368 e. The van der Waals surface area contributed by atoms with Crippen LogP contribution in [0.5, 0.6) is 0 Å². The molecule has 0 radical (unpaired) electrons. The molecule has 0 saturated heterocycles. The molecule has 2 heterocycles. The summed E-state index contributed by atoms with van der Waals surface area (Å²) < 4.78 is 0. The second kappa shape index (κ2) is 3.43. The number of nitrogens with two attached hydrogens (primary N) is 1. The van der Waals surface area contributed by atoms with Gasteiger partial charge in [-0.05, 0) is 12.8 Å². The van der Waals surface area contributed by atoms with E-state index >= 15 is 0 Å². The predicted octanol–water partition coefficient (Wildman–Crippen LogP) is 0.701. The molecule has 16 heavy (non-hydrogen) atoms. The molecule has 1 aromatic heterocycles. The average Bonchev–Trinajstić information content (AvgIpc) is 2.57. The van der Waals surface area contributed by atoms with E-state index in [1.807, 2.05) is 4.90 Å². The molecule has 5 nitrogen and oxygen atoms in total. The number of carbonyl (C=O) groups excluding carboxylic acids is 1. The highest BCUT2D eigenvalue weighted by molar-refractivity contribution is 5.80. The first kappa shape index (κ1) is 9.57. The fourth-order valence-electron chi connectivity index (χ4n) is 2.24. The van der Waals surface area contributed by atoms with Crippen LogP contribution in [0.25, 0.3) is 0 Å². The van der Waals surface area contributed by atoms with E-state index in [9.17, 15) is 4.79 Å². The number of hydrogen-bond acceptors (Lipinski definition) is 4. The lowest BCUT2D eigenvalue weighted by molar-refractivity contribution is -0.138. The van der Waals surface area contributed by atoms with Crippen LogP contribution in [0.2, 0.25) is 0 Å². The molecular weight excluding hydrogens is 204 g/mol. The third kappa shape index (κ3) is 1.43. The molecule has 3 rings (SSSR count). The zero-order valence-electron chi connectivity index (χ0n) is 9.02. The van der Waals surface area contributed by atoms with Crippen molar-refractivity contribution >= 4 is 11.9 Å². The molecule has 2 N–H and O–H groups in total. The van der Waals surface area contributed by atoms with E-state index in [4.69, 9.17) is 5.73 Å². The molecule has 0 aromatic carbocycles. The Kier molecular flexibility index (Phi) is 2.05. The van der Waals surface area contributed by atoms with Gasteiger partial charge in [0.25, 0.3) is 0 Å². The van der Waals surface area contributed by atoms with Crippen LogP contribution in [0, 0.1) is 5.92 Å². The first-order chi connectivity index (χ1) is 7.74. The number of nitrogen functional groups attached to an aromatic ring is 1. The van der Waals surface area contributed by atoms with Gasteiger partial charge in [-0.2, -0.15) is 0 Å². The molecule has 84 valence electrons. The van der Waals surface area contributed by atoms with Crippen LogP contribution in [0.4, 0.5) is 5.95 Å². The monoisotopic (exact) mass is 218 g/mol. The highest BCUT2D eigenvalue weighted by Gasteiger charge is 2.33. The van der Waals surface area contributed by atoms with Crippen LogP contribution in [-0.2, 0) is 17.9 Å². The normalized spacial score (nSPS) is 19.4. The molecule has 1 saturated carbocycles. The summed E-state index contributed by atoms with van der Waals surface area (Å²) in [7, 11) is 0. The summed E-state index contributed by atoms with van der Waals surface area (Å²) in [5.41, 5.74) is 7.46. The summed E-state index contributed by atoms with van der Waals surface area (Å²) in [5, 5.41) is 0. The van der Waals surface area contributed by atoms with Crippen LogP contribution in [0.15, 0.2) is 6.20 Å². The van der Waals surface area contributed by atoms with E-state index in [0.717, 1.165) is 24.1 Å². The number of nitrogens with zero attached hydrogens (tertiary/aromatic N) is 3. The van der Waals surface area contributed by atoms with Crippen LogP contribution >= 0.6 is 0 Å². The number of fused-ring (bicyclic) bond motifs is 1. The highest BCUT2D eigenvalue weighted by Crippen LogP contribution is 2.31. The maximum Gasteiger partial charge on any atom is 0.226 e. The van der Waals surface area contributed by atoms with E-state index in [1.54, 1.807) is 6.20 Å². The molecule has 5 heteroatoms. The van der Waals surface area contributed by atoms with E-state index in [2.05, 4.69) is 9.97 Å². The van der Waals surface area contributed by atoms with Gasteiger partial charge in [-0.25, -0.2) is 9.97 Å². The van der Waals surface area contributed by atoms with Crippen molar-refractivity contribution in [1.29, 1.82) is 0 Å². The van der Waals surface area contributed by atoms with Gasteiger partial charge in [0.1, 0.15) is 0 Å². The Morgan fingerprint density at radius 2 is 2.25 bits per heavy atom. The molecular formula is C11H14N4O. The van der Waals surface area contributed by atoms with Crippen molar-refractivity contribution < 1.29 is 4.79 Å². The van der Waals surface area contributed by atoms with Gasteiger partial charge in [-0.15, -0.1) is 0 Å². The molecule has 2 aliphatic rings. The van der Waals surface area contributed by atoms with Gasteiger partial charge in [0.2, 0.25) is 11.9 Å². The minimum atomic E-state index is 0.250. The van der Waals surface area contributed by atoms with Gasteiger partial charge in [0, 0.05) is 24.2 Å². The molecule has 1 aliphatic heterocycles. The maximum atomic E-state index is 12.0. The molecule has 1 fully saturated rings. The van der Waals surface area contributed by atoms with Gasteiger partial charge < -0.3 is 10.6 Å². The molecule has 1 aliphatic carbocycles. The zero-order valence-corrected chi connectivity index (χ0v) is 9.02.